The predicted octanol–water partition coefficient (Wildman–Crippen LogP) is 4.66. The number of carbonyl (C=O) groups excluding carboxylic acids is 1. The van der Waals surface area contributed by atoms with Crippen molar-refractivity contribution in [3.05, 3.63) is 81.1 Å². The molecule has 0 radical (unpaired) electrons. The van der Waals surface area contributed by atoms with Gasteiger partial charge in [-0.1, -0.05) is 36.4 Å². The number of carbonyl (C=O) groups is 1. The highest BCUT2D eigenvalue weighted by Crippen LogP contribution is 2.28. The van der Waals surface area contributed by atoms with E-state index in [-0.39, 0.29) is 24.1 Å². The number of hydrogen-bond donors (Lipinski definition) is 1. The van der Waals surface area contributed by atoms with Gasteiger partial charge in [0.1, 0.15) is 0 Å². The van der Waals surface area contributed by atoms with Gasteiger partial charge in [-0.05, 0) is 42.8 Å². The third-order valence-corrected chi connectivity index (χ3v) is 6.11. The highest BCUT2D eigenvalue weighted by atomic mass is 32.1. The van der Waals surface area contributed by atoms with Gasteiger partial charge in [-0.25, -0.2) is 9.50 Å². The first-order chi connectivity index (χ1) is 15.2. The highest BCUT2D eigenvalue weighted by molar-refractivity contribution is 7.10. The number of amides is 1. The summed E-state index contributed by atoms with van der Waals surface area (Å²) in [5.74, 6) is -1.51. The van der Waals surface area contributed by atoms with Crippen LogP contribution >= 0.6 is 11.3 Å². The lowest BCUT2D eigenvalue weighted by atomic mass is 10.0. The summed E-state index contributed by atoms with van der Waals surface area (Å²) in [4.78, 5) is 21.5. The minimum Gasteiger partial charge on any atom is -0.344 e. The molecule has 0 aliphatic heterocycles. The molecule has 0 saturated carbocycles. The Morgan fingerprint density at radius 3 is 2.53 bits per heavy atom. The van der Waals surface area contributed by atoms with Gasteiger partial charge in [0, 0.05) is 22.7 Å². The van der Waals surface area contributed by atoms with Crippen LogP contribution in [0.2, 0.25) is 0 Å². The summed E-state index contributed by atoms with van der Waals surface area (Å²) in [5, 5.41) is 8.58. The summed E-state index contributed by atoms with van der Waals surface area (Å²) in [5.41, 5.74) is 2.67. The molecule has 0 saturated heterocycles. The molecule has 0 aliphatic rings. The van der Waals surface area contributed by atoms with Gasteiger partial charge in [0.25, 0.3) is 11.6 Å². The highest BCUT2D eigenvalue weighted by Gasteiger charge is 2.37. The lowest BCUT2D eigenvalue weighted by Gasteiger charge is -2.18. The molecule has 6 nitrogen and oxygen atoms in total. The van der Waals surface area contributed by atoms with E-state index in [2.05, 4.69) is 20.4 Å². The van der Waals surface area contributed by atoms with Crippen molar-refractivity contribution in [2.24, 2.45) is 0 Å². The molecule has 1 N–H and O–H groups in total. The first-order valence-corrected chi connectivity index (χ1v) is 10.8. The first-order valence-electron chi connectivity index (χ1n) is 9.92. The summed E-state index contributed by atoms with van der Waals surface area (Å²) < 4.78 is 40.0. The Bertz CT molecular complexity index is 1240. The smallest absolute Gasteiger partial charge is 0.344 e. The van der Waals surface area contributed by atoms with Gasteiger partial charge in [0.05, 0.1) is 6.04 Å². The van der Waals surface area contributed by atoms with Gasteiger partial charge in [-0.2, -0.15) is 18.2 Å². The van der Waals surface area contributed by atoms with Crippen LogP contribution in [0.1, 0.15) is 45.7 Å². The summed E-state index contributed by atoms with van der Waals surface area (Å²) in [6, 6.07) is 13.3. The van der Waals surface area contributed by atoms with Crippen LogP contribution in [-0.2, 0) is 17.4 Å². The van der Waals surface area contributed by atoms with Crippen LogP contribution in [0.4, 0.5) is 13.2 Å². The Kier molecular flexibility index (Phi) is 5.96. The fourth-order valence-corrected chi connectivity index (χ4v) is 4.38. The zero-order valence-electron chi connectivity index (χ0n) is 17.3. The molecule has 1 amide bonds. The number of nitrogens with zero attached hydrogens (tertiary/aromatic N) is 4. The van der Waals surface area contributed by atoms with Gasteiger partial charge in [0.15, 0.2) is 0 Å². The molecule has 0 fully saturated rings. The molecule has 10 heteroatoms. The molecule has 4 aromatic rings. The van der Waals surface area contributed by atoms with Crippen LogP contribution in [0.5, 0.6) is 0 Å². The number of aryl methyl sites for hydroxylation is 2. The largest absolute Gasteiger partial charge is 0.453 e. The standard InChI is InChI=1S/C22H20F3N5OS/c1-13-16(14(2)30-21(26-13)28-20(29-30)22(23,24)25)10-11-18(31)27-19(17-9-6-12-32-17)15-7-4-3-5-8-15/h3-9,12,19H,10-11H2,1-2H3,(H,27,31)/t19-/m1/s1. The van der Waals surface area contributed by atoms with Crippen molar-refractivity contribution in [3.8, 4) is 0 Å². The number of benzene rings is 1. The quantitative estimate of drug-likeness (QED) is 0.455. The third kappa shape index (κ3) is 4.50. The number of hydrogen-bond acceptors (Lipinski definition) is 5. The zero-order chi connectivity index (χ0) is 22.9. The van der Waals surface area contributed by atoms with Crippen LogP contribution in [0.3, 0.4) is 0 Å². The maximum absolute atomic E-state index is 13.0. The SMILES string of the molecule is Cc1nc2nc(C(F)(F)F)nn2c(C)c1CCC(=O)N[C@H](c1ccccc1)c1cccs1. The normalized spacial score (nSPS) is 12.8. The molecule has 4 rings (SSSR count). The van der Waals surface area contributed by atoms with Crippen molar-refractivity contribution in [1.82, 2.24) is 24.9 Å². The fraction of sp³-hybridized carbons (Fsp3) is 0.273. The van der Waals surface area contributed by atoms with Crippen molar-refractivity contribution in [2.45, 2.75) is 38.9 Å². The van der Waals surface area contributed by atoms with E-state index in [1.54, 1.807) is 25.2 Å². The summed E-state index contributed by atoms with van der Waals surface area (Å²) >= 11 is 1.56. The minimum absolute atomic E-state index is 0.109. The van der Waals surface area contributed by atoms with E-state index in [0.29, 0.717) is 23.4 Å². The number of nitrogens with one attached hydrogen (secondary N) is 1. The molecule has 166 valence electrons. The average Bonchev–Trinajstić information content (AvgIpc) is 3.42. The van der Waals surface area contributed by atoms with Crippen molar-refractivity contribution in [3.63, 3.8) is 0 Å². The van der Waals surface area contributed by atoms with Crippen molar-refractivity contribution < 1.29 is 18.0 Å². The molecule has 32 heavy (non-hydrogen) atoms. The van der Waals surface area contributed by atoms with Gasteiger partial charge in [0.2, 0.25) is 5.91 Å². The Morgan fingerprint density at radius 2 is 1.88 bits per heavy atom. The molecular formula is C22H20F3N5OS. The number of fused-ring (bicyclic) bond motifs is 1. The second-order valence-corrected chi connectivity index (χ2v) is 8.31. The van der Waals surface area contributed by atoms with E-state index in [0.717, 1.165) is 15.0 Å². The van der Waals surface area contributed by atoms with E-state index in [1.165, 1.54) is 0 Å². The molecule has 1 aromatic carbocycles. The summed E-state index contributed by atoms with van der Waals surface area (Å²) in [6.45, 7) is 3.35. The van der Waals surface area contributed by atoms with Gasteiger partial charge < -0.3 is 5.32 Å². The van der Waals surface area contributed by atoms with Crippen LogP contribution in [0.25, 0.3) is 5.78 Å². The molecule has 0 unspecified atom stereocenters. The Hall–Kier alpha value is -3.27. The van der Waals surface area contributed by atoms with Gasteiger partial charge in [-0.15, -0.1) is 16.4 Å². The number of rotatable bonds is 6. The van der Waals surface area contributed by atoms with Crippen LogP contribution in [0.15, 0.2) is 47.8 Å². The Labute approximate surface area is 186 Å². The van der Waals surface area contributed by atoms with Gasteiger partial charge >= 0.3 is 6.18 Å². The van der Waals surface area contributed by atoms with E-state index >= 15 is 0 Å². The average molecular weight is 459 g/mol. The number of thiophene rings is 1. The number of aromatic nitrogens is 4. The summed E-state index contributed by atoms with van der Waals surface area (Å²) in [6.07, 6.45) is -4.17. The van der Waals surface area contributed by atoms with Crippen molar-refractivity contribution in [2.75, 3.05) is 0 Å². The first kappa shape index (κ1) is 21.9. The minimum atomic E-state index is -4.65. The second kappa shape index (κ2) is 8.70. The monoisotopic (exact) mass is 459 g/mol. The molecule has 0 spiro atoms. The summed E-state index contributed by atoms with van der Waals surface area (Å²) in [7, 11) is 0. The van der Waals surface area contributed by atoms with Crippen molar-refractivity contribution >= 4 is 23.0 Å². The lowest BCUT2D eigenvalue weighted by Crippen LogP contribution is -2.29. The lowest BCUT2D eigenvalue weighted by molar-refractivity contribution is -0.144. The zero-order valence-corrected chi connectivity index (χ0v) is 18.2. The van der Waals surface area contributed by atoms with E-state index in [1.807, 2.05) is 47.8 Å². The molecule has 3 aromatic heterocycles. The Morgan fingerprint density at radius 1 is 1.12 bits per heavy atom. The molecule has 3 heterocycles. The Balaban J connectivity index is 1.53. The van der Waals surface area contributed by atoms with E-state index in [4.69, 9.17) is 0 Å². The van der Waals surface area contributed by atoms with Crippen molar-refractivity contribution in [1.29, 1.82) is 0 Å². The molecule has 1 atom stereocenters. The van der Waals surface area contributed by atoms with Crippen LogP contribution in [-0.4, -0.2) is 25.5 Å². The maximum Gasteiger partial charge on any atom is 0.453 e. The fourth-order valence-electron chi connectivity index (χ4n) is 3.58. The van der Waals surface area contributed by atoms with E-state index in [9.17, 15) is 18.0 Å². The van der Waals surface area contributed by atoms with Crippen LogP contribution < -0.4 is 5.32 Å². The number of alkyl halides is 3. The second-order valence-electron chi connectivity index (χ2n) is 7.33. The molecule has 0 aliphatic carbocycles. The molecule has 0 bridgehead atoms. The van der Waals surface area contributed by atoms with Gasteiger partial charge in [-0.3, -0.25) is 4.79 Å². The van der Waals surface area contributed by atoms with Crippen LogP contribution in [0, 0.1) is 13.8 Å². The van der Waals surface area contributed by atoms with E-state index < -0.39 is 12.0 Å². The molecular weight excluding hydrogens is 439 g/mol. The number of halogens is 3. The topological polar surface area (TPSA) is 72.2 Å². The predicted molar refractivity (Wildman–Crippen MR) is 114 cm³/mol. The third-order valence-electron chi connectivity index (χ3n) is 5.17. The maximum atomic E-state index is 13.0.